The first-order valence-electron chi connectivity index (χ1n) is 6.10. The minimum atomic E-state index is 0.264. The van der Waals surface area contributed by atoms with Gasteiger partial charge in [-0.3, -0.25) is 0 Å². The Morgan fingerprint density at radius 2 is 1.94 bits per heavy atom. The van der Waals surface area contributed by atoms with Gasteiger partial charge in [-0.15, -0.1) is 0 Å². The lowest BCUT2D eigenvalue weighted by atomic mass is 10.1. The molecule has 1 aromatic carbocycles. The maximum Gasteiger partial charge on any atom is 0.127 e. The van der Waals surface area contributed by atoms with E-state index >= 15 is 0 Å². The number of hydrogen-bond donors (Lipinski definition) is 1. The largest absolute Gasteiger partial charge is 0.497 e. The SMILES string of the molecule is COc1ccc(C(C)NCC(C)SC)c(OC)c1. The average molecular weight is 269 g/mol. The van der Waals surface area contributed by atoms with E-state index in [0.29, 0.717) is 5.25 Å². The third-order valence-electron chi connectivity index (χ3n) is 3.02. The summed E-state index contributed by atoms with van der Waals surface area (Å²) in [6, 6.07) is 6.21. The summed E-state index contributed by atoms with van der Waals surface area (Å²) in [5, 5.41) is 4.13. The van der Waals surface area contributed by atoms with E-state index in [9.17, 15) is 0 Å². The second kappa shape index (κ2) is 7.54. The molecule has 0 saturated heterocycles. The molecule has 0 radical (unpaired) electrons. The third-order valence-corrected chi connectivity index (χ3v) is 3.99. The molecule has 0 fully saturated rings. The summed E-state index contributed by atoms with van der Waals surface area (Å²) >= 11 is 1.86. The predicted molar refractivity (Wildman–Crippen MR) is 78.9 cm³/mol. The third kappa shape index (κ3) is 4.10. The second-order valence-corrected chi connectivity index (χ2v) is 5.56. The molecule has 0 aliphatic carbocycles. The Morgan fingerprint density at radius 3 is 2.50 bits per heavy atom. The molecule has 0 spiro atoms. The number of thioether (sulfide) groups is 1. The van der Waals surface area contributed by atoms with Gasteiger partial charge in [0.1, 0.15) is 11.5 Å². The van der Waals surface area contributed by atoms with Crippen molar-refractivity contribution in [2.75, 3.05) is 27.0 Å². The van der Waals surface area contributed by atoms with E-state index < -0.39 is 0 Å². The first kappa shape index (κ1) is 15.2. The van der Waals surface area contributed by atoms with Crippen LogP contribution in [-0.4, -0.2) is 32.3 Å². The monoisotopic (exact) mass is 269 g/mol. The lowest BCUT2D eigenvalue weighted by Gasteiger charge is -2.19. The zero-order valence-electron chi connectivity index (χ0n) is 11.8. The van der Waals surface area contributed by atoms with E-state index in [0.717, 1.165) is 23.6 Å². The number of rotatable bonds is 7. The average Bonchev–Trinajstić information content (AvgIpc) is 2.43. The van der Waals surface area contributed by atoms with E-state index in [2.05, 4.69) is 31.5 Å². The Balaban J connectivity index is 2.75. The van der Waals surface area contributed by atoms with Crippen LogP contribution in [-0.2, 0) is 0 Å². The molecule has 0 aliphatic rings. The summed E-state index contributed by atoms with van der Waals surface area (Å²) in [6.07, 6.45) is 2.13. The summed E-state index contributed by atoms with van der Waals surface area (Å²) in [6.45, 7) is 5.35. The van der Waals surface area contributed by atoms with Gasteiger partial charge in [-0.2, -0.15) is 11.8 Å². The minimum absolute atomic E-state index is 0.264. The van der Waals surface area contributed by atoms with Gasteiger partial charge >= 0.3 is 0 Å². The molecule has 0 aliphatic heterocycles. The van der Waals surface area contributed by atoms with Gasteiger partial charge in [-0.05, 0) is 19.2 Å². The molecule has 0 aromatic heterocycles. The van der Waals surface area contributed by atoms with E-state index in [1.165, 1.54) is 0 Å². The number of methoxy groups -OCH3 is 2. The highest BCUT2D eigenvalue weighted by atomic mass is 32.2. The van der Waals surface area contributed by atoms with E-state index in [4.69, 9.17) is 9.47 Å². The van der Waals surface area contributed by atoms with Gasteiger partial charge in [0, 0.05) is 29.5 Å². The van der Waals surface area contributed by atoms with Crippen LogP contribution in [0.15, 0.2) is 18.2 Å². The van der Waals surface area contributed by atoms with Crippen LogP contribution >= 0.6 is 11.8 Å². The highest BCUT2D eigenvalue weighted by Gasteiger charge is 2.12. The molecule has 2 atom stereocenters. The molecule has 18 heavy (non-hydrogen) atoms. The van der Waals surface area contributed by atoms with Gasteiger partial charge in [-0.25, -0.2) is 0 Å². The summed E-state index contributed by atoms with van der Waals surface area (Å²) < 4.78 is 10.6. The second-order valence-electron chi connectivity index (χ2n) is 4.28. The Bertz CT molecular complexity index is 371. The van der Waals surface area contributed by atoms with Crippen LogP contribution in [0.4, 0.5) is 0 Å². The van der Waals surface area contributed by atoms with Crippen LogP contribution < -0.4 is 14.8 Å². The molecule has 1 aromatic rings. The molecule has 4 heteroatoms. The van der Waals surface area contributed by atoms with Crippen LogP contribution in [0.2, 0.25) is 0 Å². The van der Waals surface area contributed by atoms with Gasteiger partial charge in [0.15, 0.2) is 0 Å². The molecule has 0 heterocycles. The summed E-state index contributed by atoms with van der Waals surface area (Å²) in [5.74, 6) is 1.69. The number of nitrogens with one attached hydrogen (secondary N) is 1. The van der Waals surface area contributed by atoms with Crippen molar-refractivity contribution < 1.29 is 9.47 Å². The predicted octanol–water partition coefficient (Wildman–Crippen LogP) is 3.11. The fourth-order valence-electron chi connectivity index (χ4n) is 1.71. The summed E-state index contributed by atoms with van der Waals surface area (Å²) in [5.41, 5.74) is 1.16. The van der Waals surface area contributed by atoms with Gasteiger partial charge in [-0.1, -0.05) is 13.0 Å². The van der Waals surface area contributed by atoms with E-state index in [1.807, 2.05) is 23.9 Å². The van der Waals surface area contributed by atoms with Gasteiger partial charge in [0.05, 0.1) is 14.2 Å². The maximum atomic E-state index is 5.42. The number of ether oxygens (including phenoxy) is 2. The topological polar surface area (TPSA) is 30.5 Å². The summed E-state index contributed by atoms with van der Waals surface area (Å²) in [7, 11) is 3.35. The lowest BCUT2D eigenvalue weighted by Crippen LogP contribution is -2.25. The van der Waals surface area contributed by atoms with Crippen molar-refractivity contribution in [1.29, 1.82) is 0 Å². The van der Waals surface area contributed by atoms with Crippen LogP contribution in [0.1, 0.15) is 25.5 Å². The Labute approximate surface area is 114 Å². The molecule has 1 N–H and O–H groups in total. The molecule has 1 rings (SSSR count). The van der Waals surface area contributed by atoms with Crippen LogP contribution in [0, 0.1) is 0 Å². The van der Waals surface area contributed by atoms with Crippen LogP contribution in [0.25, 0.3) is 0 Å². The fourth-order valence-corrected chi connectivity index (χ4v) is 1.98. The maximum absolute atomic E-state index is 5.42. The molecular weight excluding hydrogens is 246 g/mol. The van der Waals surface area contributed by atoms with E-state index in [-0.39, 0.29) is 6.04 Å². The molecule has 102 valence electrons. The fraction of sp³-hybridized carbons (Fsp3) is 0.571. The van der Waals surface area contributed by atoms with Crippen molar-refractivity contribution in [3.8, 4) is 11.5 Å². The van der Waals surface area contributed by atoms with Gasteiger partial charge in [0.25, 0.3) is 0 Å². The van der Waals surface area contributed by atoms with Crippen molar-refractivity contribution in [1.82, 2.24) is 5.32 Å². The Hall–Kier alpha value is -0.870. The molecule has 2 unspecified atom stereocenters. The van der Waals surface area contributed by atoms with Crippen LogP contribution in [0.5, 0.6) is 11.5 Å². The van der Waals surface area contributed by atoms with Crippen molar-refractivity contribution in [2.45, 2.75) is 25.1 Å². The quantitative estimate of drug-likeness (QED) is 0.824. The zero-order valence-corrected chi connectivity index (χ0v) is 12.6. The highest BCUT2D eigenvalue weighted by Crippen LogP contribution is 2.29. The Morgan fingerprint density at radius 1 is 1.22 bits per heavy atom. The van der Waals surface area contributed by atoms with Gasteiger partial charge < -0.3 is 14.8 Å². The van der Waals surface area contributed by atoms with Crippen molar-refractivity contribution in [2.24, 2.45) is 0 Å². The Kier molecular flexibility index (Phi) is 6.36. The zero-order chi connectivity index (χ0) is 13.5. The normalized spacial score (nSPS) is 14.1. The molecule has 3 nitrogen and oxygen atoms in total. The molecule has 0 amide bonds. The van der Waals surface area contributed by atoms with Crippen molar-refractivity contribution in [3.63, 3.8) is 0 Å². The van der Waals surface area contributed by atoms with E-state index in [1.54, 1.807) is 14.2 Å². The van der Waals surface area contributed by atoms with Crippen molar-refractivity contribution >= 4 is 11.8 Å². The van der Waals surface area contributed by atoms with Gasteiger partial charge in [0.2, 0.25) is 0 Å². The minimum Gasteiger partial charge on any atom is -0.497 e. The molecular formula is C14H23NO2S. The highest BCUT2D eigenvalue weighted by molar-refractivity contribution is 7.99. The lowest BCUT2D eigenvalue weighted by molar-refractivity contribution is 0.386. The standard InChI is InChI=1S/C14H23NO2S/c1-10(18-5)9-15-11(2)13-7-6-12(16-3)8-14(13)17-4/h6-8,10-11,15H,9H2,1-5H3. The number of hydrogen-bond acceptors (Lipinski definition) is 4. The first-order valence-corrected chi connectivity index (χ1v) is 7.39. The van der Waals surface area contributed by atoms with Crippen LogP contribution in [0.3, 0.4) is 0 Å². The number of benzene rings is 1. The smallest absolute Gasteiger partial charge is 0.127 e. The van der Waals surface area contributed by atoms with Crippen molar-refractivity contribution in [3.05, 3.63) is 23.8 Å². The molecule has 0 bridgehead atoms. The first-order chi connectivity index (χ1) is 8.62. The molecule has 0 saturated carbocycles. The summed E-state index contributed by atoms with van der Waals surface area (Å²) in [4.78, 5) is 0.